The van der Waals surface area contributed by atoms with Gasteiger partial charge in [-0.05, 0) is 12.3 Å². The van der Waals surface area contributed by atoms with Gasteiger partial charge >= 0.3 is 0 Å². The van der Waals surface area contributed by atoms with E-state index in [1.54, 1.807) is 0 Å². The lowest BCUT2D eigenvalue weighted by Gasteiger charge is -2.01. The van der Waals surface area contributed by atoms with Crippen LogP contribution in [-0.2, 0) is 6.54 Å². The number of hydrogen-bond acceptors (Lipinski definition) is 4. The highest BCUT2D eigenvalue weighted by atomic mass is 15.1. The largest absolute Gasteiger partial charge is 0.365 e. The third-order valence-electron chi connectivity index (χ3n) is 7.44. The lowest BCUT2D eigenvalue weighted by atomic mass is 10.1. The van der Waals surface area contributed by atoms with Crippen LogP contribution in [0.1, 0.15) is 33.4 Å². The van der Waals surface area contributed by atoms with Crippen molar-refractivity contribution in [2.45, 2.75) is 6.54 Å². The summed E-state index contributed by atoms with van der Waals surface area (Å²) in [5, 5.41) is 5.29. The second-order valence-electron chi connectivity index (χ2n) is 9.83. The van der Waals surface area contributed by atoms with Gasteiger partial charge in [-0.1, -0.05) is 97.1 Å². The minimum absolute atomic E-state index is 0.570. The lowest BCUT2D eigenvalue weighted by Crippen LogP contribution is -2.16. The van der Waals surface area contributed by atoms with Crippen LogP contribution in [0.25, 0.3) is 10.8 Å². The van der Waals surface area contributed by atoms with Gasteiger partial charge in [-0.2, -0.15) is 0 Å². The lowest BCUT2D eigenvalue weighted by molar-refractivity contribution is 0.963. The summed E-state index contributed by atoms with van der Waals surface area (Å²) >= 11 is 0. The van der Waals surface area contributed by atoms with Crippen molar-refractivity contribution in [2.24, 2.45) is 30.0 Å². The first kappa shape index (κ1) is 23.2. The number of hydrogen-bond donors (Lipinski definition) is 2. The molecule has 4 aromatic carbocycles. The van der Waals surface area contributed by atoms with Gasteiger partial charge in [-0.3, -0.25) is 0 Å². The monoisotopic (exact) mass is 530 g/mol. The van der Waals surface area contributed by atoms with Crippen molar-refractivity contribution in [2.75, 3.05) is 0 Å². The van der Waals surface area contributed by atoms with Crippen LogP contribution in [0.5, 0.6) is 0 Å². The van der Waals surface area contributed by atoms with Crippen LogP contribution >= 0.6 is 0 Å². The second-order valence-corrected chi connectivity index (χ2v) is 9.83. The van der Waals surface area contributed by atoms with Gasteiger partial charge in [-0.15, -0.1) is 0 Å². The number of fused-ring (bicyclic) bond motifs is 4. The molecule has 0 saturated carbocycles. The molecule has 0 bridgehead atoms. The molecule has 0 amide bonds. The molecule has 0 saturated heterocycles. The van der Waals surface area contributed by atoms with Crippen LogP contribution < -0.4 is 5.32 Å². The normalized spacial score (nSPS) is 17.9. The Morgan fingerprint density at radius 3 is 1.71 bits per heavy atom. The molecule has 41 heavy (non-hydrogen) atoms. The topological polar surface area (TPSA) is 102 Å². The van der Waals surface area contributed by atoms with Crippen LogP contribution in [-0.4, -0.2) is 40.9 Å². The van der Waals surface area contributed by atoms with Crippen molar-refractivity contribution in [3.05, 3.63) is 130 Å². The molecule has 3 aliphatic rings. The standard InChI is InChI=1S/C33H22N8/c1-34-27-21-12-4-5-13-22(21)29(36-27)38-31-25-16-8-9-17-26(25)33(40-31)41-32-24-15-7-6-14-23(24)30(39-32)37-28-20-11-3-2-10-19(20)18-35-28/h2-17,40H,1,18H2,(H,35,37,39,41)/b38-29-. The summed E-state index contributed by atoms with van der Waals surface area (Å²) in [6.45, 7) is 4.43. The first-order valence-electron chi connectivity index (χ1n) is 13.3. The summed E-state index contributed by atoms with van der Waals surface area (Å²) in [5.41, 5.74) is 6.04. The maximum absolute atomic E-state index is 5.02. The molecule has 4 heterocycles. The van der Waals surface area contributed by atoms with E-state index in [4.69, 9.17) is 20.0 Å². The Morgan fingerprint density at radius 2 is 1.07 bits per heavy atom. The highest BCUT2D eigenvalue weighted by Gasteiger charge is 2.25. The fourth-order valence-electron chi connectivity index (χ4n) is 5.48. The Hall–Kier alpha value is -5.76. The van der Waals surface area contributed by atoms with Crippen molar-refractivity contribution in [1.82, 2.24) is 10.3 Å². The van der Waals surface area contributed by atoms with Crippen molar-refractivity contribution in [3.63, 3.8) is 0 Å². The van der Waals surface area contributed by atoms with Crippen molar-refractivity contribution >= 4 is 58.3 Å². The molecule has 8 nitrogen and oxygen atoms in total. The molecule has 8 heteroatoms. The van der Waals surface area contributed by atoms with Gasteiger partial charge in [0, 0.05) is 45.1 Å². The first-order chi connectivity index (χ1) is 20.3. The highest BCUT2D eigenvalue weighted by Crippen LogP contribution is 2.36. The van der Waals surface area contributed by atoms with E-state index in [0.29, 0.717) is 35.0 Å². The number of aromatic nitrogens is 1. The average molecular weight is 531 g/mol. The van der Waals surface area contributed by atoms with E-state index < -0.39 is 0 Å². The van der Waals surface area contributed by atoms with Gasteiger partial charge in [0.2, 0.25) is 0 Å². The molecule has 0 unspecified atom stereocenters. The summed E-state index contributed by atoms with van der Waals surface area (Å²) in [7, 11) is 0. The molecule has 0 spiro atoms. The van der Waals surface area contributed by atoms with Crippen LogP contribution in [0, 0.1) is 0 Å². The van der Waals surface area contributed by atoms with E-state index in [1.807, 2.05) is 84.9 Å². The first-order valence-corrected chi connectivity index (χ1v) is 13.3. The molecule has 0 radical (unpaired) electrons. The van der Waals surface area contributed by atoms with Gasteiger partial charge in [0.25, 0.3) is 0 Å². The average Bonchev–Trinajstić information content (AvgIpc) is 3.78. The molecule has 3 aliphatic heterocycles. The van der Waals surface area contributed by atoms with E-state index in [1.165, 1.54) is 5.56 Å². The zero-order valence-electron chi connectivity index (χ0n) is 21.8. The number of nitrogens with zero attached hydrogens (tertiary/aromatic N) is 6. The number of benzene rings is 4. The fourth-order valence-corrected chi connectivity index (χ4v) is 5.48. The van der Waals surface area contributed by atoms with Gasteiger partial charge < -0.3 is 10.3 Å². The van der Waals surface area contributed by atoms with Gasteiger partial charge in [0.05, 0.1) is 0 Å². The number of nitrogens with one attached hydrogen (secondary N) is 2. The summed E-state index contributed by atoms with van der Waals surface area (Å²) in [4.78, 5) is 31.9. The Kier molecular flexibility index (Phi) is 5.18. The predicted octanol–water partition coefficient (Wildman–Crippen LogP) is 6.10. The second kappa shape index (κ2) is 9.17. The Bertz CT molecular complexity index is 2070. The predicted molar refractivity (Wildman–Crippen MR) is 166 cm³/mol. The fraction of sp³-hybridized carbons (Fsp3) is 0.0303. The minimum atomic E-state index is 0.570. The molecule has 5 aromatic rings. The molecular formula is C33H22N8. The maximum atomic E-state index is 5.02. The molecule has 8 rings (SSSR count). The molecule has 1 aromatic heterocycles. The number of amidine groups is 5. The summed E-state index contributed by atoms with van der Waals surface area (Å²) in [6, 6.07) is 32.3. The minimum Gasteiger partial charge on any atom is -0.365 e. The van der Waals surface area contributed by atoms with E-state index in [-0.39, 0.29) is 0 Å². The van der Waals surface area contributed by atoms with Crippen LogP contribution in [0.3, 0.4) is 0 Å². The van der Waals surface area contributed by atoms with Crippen LogP contribution in [0.4, 0.5) is 11.6 Å². The molecule has 0 aliphatic carbocycles. The highest BCUT2D eigenvalue weighted by molar-refractivity contribution is 6.27. The van der Waals surface area contributed by atoms with Crippen molar-refractivity contribution in [1.29, 1.82) is 0 Å². The quantitative estimate of drug-likeness (QED) is 0.265. The van der Waals surface area contributed by atoms with Gasteiger partial charge in [-0.25, -0.2) is 30.0 Å². The van der Waals surface area contributed by atoms with E-state index in [9.17, 15) is 0 Å². The number of aliphatic imine (C=N–C) groups is 6. The Labute approximate surface area is 235 Å². The third-order valence-corrected chi connectivity index (χ3v) is 7.44. The van der Waals surface area contributed by atoms with E-state index in [0.717, 1.165) is 51.0 Å². The number of H-pyrrole nitrogens is 1. The number of aromatic amines is 1. The molecule has 0 atom stereocenters. The van der Waals surface area contributed by atoms with Crippen LogP contribution in [0.15, 0.2) is 127 Å². The van der Waals surface area contributed by atoms with E-state index >= 15 is 0 Å². The maximum Gasteiger partial charge on any atom is 0.164 e. The zero-order valence-corrected chi connectivity index (χ0v) is 21.8. The van der Waals surface area contributed by atoms with Crippen molar-refractivity contribution in [3.8, 4) is 0 Å². The Morgan fingerprint density at radius 1 is 0.561 bits per heavy atom. The SMILES string of the molecule is C=NC1=N/C(=N\c2[nH]c(/N=C3\N=C(N=C4NCc5ccccc54)c4ccccc43)c3ccccc23)c2ccccc21. The Balaban J connectivity index is 1.25. The third kappa shape index (κ3) is 3.76. The molecular weight excluding hydrogens is 508 g/mol. The number of rotatable bonds is 2. The van der Waals surface area contributed by atoms with Gasteiger partial charge in [0.1, 0.15) is 17.5 Å². The summed E-state index contributed by atoms with van der Waals surface area (Å²) < 4.78 is 0. The van der Waals surface area contributed by atoms with Gasteiger partial charge in [0.15, 0.2) is 23.3 Å². The summed E-state index contributed by atoms with van der Waals surface area (Å²) in [6.07, 6.45) is 0. The molecule has 194 valence electrons. The van der Waals surface area contributed by atoms with Crippen LogP contribution in [0.2, 0.25) is 0 Å². The smallest absolute Gasteiger partial charge is 0.164 e. The van der Waals surface area contributed by atoms with E-state index in [2.05, 4.69) is 39.1 Å². The molecule has 2 N–H and O–H groups in total. The van der Waals surface area contributed by atoms with Crippen molar-refractivity contribution < 1.29 is 0 Å². The summed E-state index contributed by atoms with van der Waals surface area (Å²) in [5.74, 6) is 4.55. The molecule has 0 fully saturated rings. The zero-order chi connectivity index (χ0) is 27.3.